The fraction of sp³-hybridized carbons (Fsp3) is 0.571. The molecule has 0 fully saturated rings. The van der Waals surface area contributed by atoms with Crippen molar-refractivity contribution >= 4 is 5.69 Å². The molecule has 0 aromatic heterocycles. The van der Waals surface area contributed by atoms with Gasteiger partial charge in [0.25, 0.3) is 0 Å². The van der Waals surface area contributed by atoms with Gasteiger partial charge in [-0.15, -0.1) is 0 Å². The Morgan fingerprint density at radius 3 is 2.75 bits per heavy atom. The normalized spacial score (nSPS) is 16.6. The quantitative estimate of drug-likeness (QED) is 0.815. The second-order valence-corrected chi connectivity index (χ2v) is 4.91. The predicted octanol–water partition coefficient (Wildman–Crippen LogP) is 2.57. The standard InChI is InChI=1S/C14H22N2/c1-11(9-15)10-16-14-7-6-12-4-2-3-5-13(12)8-14/h6-8,11,16H,2-5,9-10,15H2,1H3. The minimum Gasteiger partial charge on any atom is -0.385 e. The summed E-state index contributed by atoms with van der Waals surface area (Å²) in [6, 6.07) is 6.80. The molecular formula is C14H22N2. The molecular weight excluding hydrogens is 196 g/mol. The lowest BCUT2D eigenvalue weighted by atomic mass is 9.91. The zero-order chi connectivity index (χ0) is 11.4. The summed E-state index contributed by atoms with van der Waals surface area (Å²) in [6.07, 6.45) is 5.20. The van der Waals surface area contributed by atoms with Gasteiger partial charge in [0.2, 0.25) is 0 Å². The lowest BCUT2D eigenvalue weighted by Gasteiger charge is -2.18. The Labute approximate surface area is 98.2 Å². The van der Waals surface area contributed by atoms with Crippen molar-refractivity contribution in [3.8, 4) is 0 Å². The highest BCUT2D eigenvalue weighted by Crippen LogP contribution is 2.24. The third-order valence-electron chi connectivity index (χ3n) is 3.41. The number of aryl methyl sites for hydroxylation is 2. The van der Waals surface area contributed by atoms with E-state index in [9.17, 15) is 0 Å². The number of hydrogen-bond donors (Lipinski definition) is 2. The van der Waals surface area contributed by atoms with Gasteiger partial charge in [0.05, 0.1) is 0 Å². The van der Waals surface area contributed by atoms with Crippen molar-refractivity contribution in [1.82, 2.24) is 0 Å². The molecule has 16 heavy (non-hydrogen) atoms. The third kappa shape index (κ3) is 2.76. The molecule has 88 valence electrons. The summed E-state index contributed by atoms with van der Waals surface area (Å²) in [5, 5.41) is 3.47. The molecule has 2 rings (SSSR count). The number of rotatable bonds is 4. The maximum Gasteiger partial charge on any atom is 0.0343 e. The van der Waals surface area contributed by atoms with Gasteiger partial charge in [0, 0.05) is 12.2 Å². The van der Waals surface area contributed by atoms with E-state index in [0.717, 1.165) is 13.1 Å². The smallest absolute Gasteiger partial charge is 0.0343 e. The van der Waals surface area contributed by atoms with E-state index >= 15 is 0 Å². The monoisotopic (exact) mass is 218 g/mol. The van der Waals surface area contributed by atoms with Crippen LogP contribution in [0.3, 0.4) is 0 Å². The van der Waals surface area contributed by atoms with Crippen molar-refractivity contribution < 1.29 is 0 Å². The van der Waals surface area contributed by atoms with E-state index in [1.54, 1.807) is 5.56 Å². The number of nitrogens with two attached hydrogens (primary N) is 1. The van der Waals surface area contributed by atoms with Crippen LogP contribution in [0.4, 0.5) is 5.69 Å². The van der Waals surface area contributed by atoms with Crippen LogP contribution >= 0.6 is 0 Å². The first-order valence-corrected chi connectivity index (χ1v) is 6.35. The molecule has 0 aliphatic heterocycles. The second-order valence-electron chi connectivity index (χ2n) is 4.91. The van der Waals surface area contributed by atoms with Crippen LogP contribution in [-0.4, -0.2) is 13.1 Å². The van der Waals surface area contributed by atoms with Crippen LogP contribution in [0.25, 0.3) is 0 Å². The van der Waals surface area contributed by atoms with E-state index in [-0.39, 0.29) is 0 Å². The lowest BCUT2D eigenvalue weighted by molar-refractivity contribution is 0.628. The van der Waals surface area contributed by atoms with E-state index in [2.05, 4.69) is 30.4 Å². The highest BCUT2D eigenvalue weighted by Gasteiger charge is 2.09. The maximum atomic E-state index is 5.61. The van der Waals surface area contributed by atoms with Crippen LogP contribution in [-0.2, 0) is 12.8 Å². The fourth-order valence-corrected chi connectivity index (χ4v) is 2.22. The van der Waals surface area contributed by atoms with E-state index in [1.165, 1.54) is 36.9 Å². The van der Waals surface area contributed by atoms with E-state index in [0.29, 0.717) is 5.92 Å². The van der Waals surface area contributed by atoms with Gasteiger partial charge in [-0.25, -0.2) is 0 Å². The number of fused-ring (bicyclic) bond motifs is 1. The topological polar surface area (TPSA) is 38.0 Å². The third-order valence-corrected chi connectivity index (χ3v) is 3.41. The van der Waals surface area contributed by atoms with Crippen LogP contribution < -0.4 is 11.1 Å². The molecule has 2 heteroatoms. The van der Waals surface area contributed by atoms with Crippen LogP contribution in [0, 0.1) is 5.92 Å². The van der Waals surface area contributed by atoms with Crippen LogP contribution in [0.5, 0.6) is 0 Å². The van der Waals surface area contributed by atoms with Crippen molar-refractivity contribution in [2.24, 2.45) is 11.7 Å². The first-order chi connectivity index (χ1) is 7.79. The zero-order valence-corrected chi connectivity index (χ0v) is 10.1. The average molecular weight is 218 g/mol. The highest BCUT2D eigenvalue weighted by atomic mass is 14.9. The Kier molecular flexibility index (Phi) is 3.83. The number of hydrogen-bond acceptors (Lipinski definition) is 2. The zero-order valence-electron chi connectivity index (χ0n) is 10.1. The summed E-state index contributed by atoms with van der Waals surface area (Å²) in [7, 11) is 0. The Morgan fingerprint density at radius 2 is 2.00 bits per heavy atom. The SMILES string of the molecule is CC(CN)CNc1ccc2c(c1)CCCC2. The van der Waals surface area contributed by atoms with Gasteiger partial charge in [-0.2, -0.15) is 0 Å². The molecule has 0 spiro atoms. The first kappa shape index (κ1) is 11.5. The van der Waals surface area contributed by atoms with Crippen molar-refractivity contribution in [2.45, 2.75) is 32.6 Å². The second kappa shape index (κ2) is 5.35. The molecule has 3 N–H and O–H groups in total. The van der Waals surface area contributed by atoms with Gasteiger partial charge >= 0.3 is 0 Å². The fourth-order valence-electron chi connectivity index (χ4n) is 2.22. The summed E-state index contributed by atoms with van der Waals surface area (Å²) >= 11 is 0. The number of benzene rings is 1. The summed E-state index contributed by atoms with van der Waals surface area (Å²) in [4.78, 5) is 0. The molecule has 1 aliphatic rings. The molecule has 2 nitrogen and oxygen atoms in total. The Balaban J connectivity index is 2.00. The summed E-state index contributed by atoms with van der Waals surface area (Å²) in [6.45, 7) is 3.89. The summed E-state index contributed by atoms with van der Waals surface area (Å²) < 4.78 is 0. The minimum absolute atomic E-state index is 0.538. The molecule has 1 atom stereocenters. The molecule has 0 bridgehead atoms. The largest absolute Gasteiger partial charge is 0.385 e. The summed E-state index contributed by atoms with van der Waals surface area (Å²) in [5.41, 5.74) is 9.94. The van der Waals surface area contributed by atoms with Crippen molar-refractivity contribution in [1.29, 1.82) is 0 Å². The Bertz CT molecular complexity index is 347. The predicted molar refractivity (Wildman–Crippen MR) is 69.8 cm³/mol. The van der Waals surface area contributed by atoms with Gasteiger partial charge < -0.3 is 11.1 Å². The first-order valence-electron chi connectivity index (χ1n) is 6.35. The van der Waals surface area contributed by atoms with Gasteiger partial charge in [0.15, 0.2) is 0 Å². The van der Waals surface area contributed by atoms with Gasteiger partial charge in [-0.3, -0.25) is 0 Å². The van der Waals surface area contributed by atoms with Gasteiger partial charge in [0.1, 0.15) is 0 Å². The van der Waals surface area contributed by atoms with E-state index < -0.39 is 0 Å². The van der Waals surface area contributed by atoms with Crippen molar-refractivity contribution in [3.05, 3.63) is 29.3 Å². The van der Waals surface area contributed by atoms with Crippen LogP contribution in [0.1, 0.15) is 30.9 Å². The molecule has 0 saturated heterocycles. The van der Waals surface area contributed by atoms with Crippen molar-refractivity contribution in [2.75, 3.05) is 18.4 Å². The van der Waals surface area contributed by atoms with Crippen LogP contribution in [0.15, 0.2) is 18.2 Å². The molecule has 1 aromatic rings. The molecule has 0 saturated carbocycles. The van der Waals surface area contributed by atoms with Crippen molar-refractivity contribution in [3.63, 3.8) is 0 Å². The van der Waals surface area contributed by atoms with E-state index in [1.807, 2.05) is 0 Å². The maximum absolute atomic E-state index is 5.61. The lowest BCUT2D eigenvalue weighted by Crippen LogP contribution is -2.19. The number of nitrogens with one attached hydrogen (secondary N) is 1. The number of anilines is 1. The molecule has 0 heterocycles. The molecule has 0 amide bonds. The highest BCUT2D eigenvalue weighted by molar-refractivity contribution is 5.49. The van der Waals surface area contributed by atoms with Gasteiger partial charge in [-0.1, -0.05) is 13.0 Å². The van der Waals surface area contributed by atoms with Gasteiger partial charge in [-0.05, 0) is 61.4 Å². The Hall–Kier alpha value is -1.02. The molecule has 1 aliphatic carbocycles. The summed E-state index contributed by atoms with van der Waals surface area (Å²) in [5.74, 6) is 0.538. The minimum atomic E-state index is 0.538. The average Bonchev–Trinajstić information content (AvgIpc) is 2.35. The Morgan fingerprint density at radius 1 is 1.25 bits per heavy atom. The molecule has 0 radical (unpaired) electrons. The van der Waals surface area contributed by atoms with E-state index in [4.69, 9.17) is 5.73 Å². The van der Waals surface area contributed by atoms with Crippen LogP contribution in [0.2, 0.25) is 0 Å². The molecule has 1 aromatic carbocycles. The molecule has 1 unspecified atom stereocenters.